The Morgan fingerprint density at radius 2 is 1.64 bits per heavy atom. The van der Waals surface area contributed by atoms with Gasteiger partial charge in [-0.25, -0.2) is 4.79 Å². The van der Waals surface area contributed by atoms with Crippen molar-refractivity contribution in [2.45, 2.75) is 11.9 Å². The molecule has 0 aliphatic heterocycles. The van der Waals surface area contributed by atoms with Gasteiger partial charge in [0.25, 0.3) is 10.1 Å². The van der Waals surface area contributed by atoms with E-state index in [0.29, 0.717) is 11.1 Å². The molecule has 0 heterocycles. The Morgan fingerprint density at radius 1 is 1.05 bits per heavy atom. The summed E-state index contributed by atoms with van der Waals surface area (Å²) in [6.07, 6.45) is -1.16. The zero-order valence-corrected chi connectivity index (χ0v) is 12.2. The van der Waals surface area contributed by atoms with Gasteiger partial charge in [0.05, 0.1) is 0 Å². The molecule has 1 atom stereocenters. The van der Waals surface area contributed by atoms with E-state index in [1.165, 1.54) is 24.3 Å². The predicted octanol–water partition coefficient (Wildman–Crippen LogP) is 2.28. The first-order valence-corrected chi connectivity index (χ1v) is 7.94. The maximum atomic E-state index is 11.3. The number of rotatable bonds is 6. The molecular weight excluding hydrogens is 308 g/mol. The maximum absolute atomic E-state index is 11.3. The van der Waals surface area contributed by atoms with Crippen molar-refractivity contribution in [3.8, 4) is 5.75 Å². The molecule has 22 heavy (non-hydrogen) atoms. The highest BCUT2D eigenvalue weighted by molar-refractivity contribution is 7.85. The molecule has 0 amide bonds. The van der Waals surface area contributed by atoms with Crippen LogP contribution in [0.4, 0.5) is 0 Å². The normalized spacial score (nSPS) is 12.6. The van der Waals surface area contributed by atoms with E-state index < -0.39 is 27.9 Å². The highest BCUT2D eigenvalue weighted by Crippen LogP contribution is 2.23. The molecule has 2 rings (SSSR count). The van der Waals surface area contributed by atoms with Gasteiger partial charge in [0, 0.05) is 5.56 Å². The van der Waals surface area contributed by atoms with Crippen LogP contribution in [-0.4, -0.2) is 24.0 Å². The predicted molar refractivity (Wildman–Crippen MR) is 79.1 cm³/mol. The molecule has 1 unspecified atom stereocenters. The largest absolute Gasteiger partial charge is 0.478 e. The van der Waals surface area contributed by atoms with Crippen LogP contribution in [0.15, 0.2) is 54.6 Å². The number of ether oxygens (including phenoxy) is 1. The van der Waals surface area contributed by atoms with Crippen LogP contribution >= 0.6 is 0 Å². The van der Waals surface area contributed by atoms with Crippen LogP contribution < -0.4 is 4.74 Å². The van der Waals surface area contributed by atoms with Crippen LogP contribution in [0.1, 0.15) is 17.2 Å². The second-order valence-corrected chi connectivity index (χ2v) is 6.07. The van der Waals surface area contributed by atoms with Crippen molar-refractivity contribution < 1.29 is 27.6 Å². The summed E-state index contributed by atoms with van der Waals surface area (Å²) in [4.78, 5) is 11.3. The summed E-state index contributed by atoms with van der Waals surface area (Å²) in [7, 11) is -4.10. The molecule has 7 heteroatoms. The fourth-order valence-corrected chi connectivity index (χ4v) is 2.51. The van der Waals surface area contributed by atoms with E-state index in [2.05, 4.69) is 0 Å². The van der Waals surface area contributed by atoms with Crippen LogP contribution in [0.25, 0.3) is 0 Å². The van der Waals surface area contributed by atoms with Gasteiger partial charge in [0.2, 0.25) is 6.10 Å². The molecule has 2 N–H and O–H groups in total. The maximum Gasteiger partial charge on any atom is 0.349 e. The molecule has 0 spiro atoms. The number of hydrogen-bond acceptors (Lipinski definition) is 4. The second-order valence-electron chi connectivity index (χ2n) is 4.62. The van der Waals surface area contributed by atoms with E-state index in [-0.39, 0.29) is 5.75 Å². The molecule has 0 saturated heterocycles. The van der Waals surface area contributed by atoms with Gasteiger partial charge in [0.15, 0.2) is 0 Å². The molecule has 0 radical (unpaired) electrons. The molecule has 0 saturated carbocycles. The van der Waals surface area contributed by atoms with Gasteiger partial charge in [-0.3, -0.25) is 4.55 Å². The topological polar surface area (TPSA) is 101 Å². The SMILES string of the molecule is O=C(O)C(Oc1ccc(CS(=O)(=O)O)cc1)c1ccccc1. The van der Waals surface area contributed by atoms with Gasteiger partial charge >= 0.3 is 5.97 Å². The minimum absolute atomic E-state index is 0.287. The molecule has 0 fully saturated rings. The number of benzene rings is 2. The zero-order valence-electron chi connectivity index (χ0n) is 11.4. The lowest BCUT2D eigenvalue weighted by atomic mass is 10.1. The third kappa shape index (κ3) is 4.57. The quantitative estimate of drug-likeness (QED) is 0.791. The van der Waals surface area contributed by atoms with Crippen molar-refractivity contribution in [3.63, 3.8) is 0 Å². The van der Waals surface area contributed by atoms with E-state index in [1.54, 1.807) is 30.3 Å². The van der Waals surface area contributed by atoms with Crippen LogP contribution in [0.3, 0.4) is 0 Å². The third-order valence-corrected chi connectivity index (χ3v) is 3.55. The first-order chi connectivity index (χ1) is 10.3. The fraction of sp³-hybridized carbons (Fsp3) is 0.133. The van der Waals surface area contributed by atoms with Gasteiger partial charge in [-0.1, -0.05) is 42.5 Å². The Kier molecular flexibility index (Phi) is 4.79. The Hall–Kier alpha value is -2.38. The smallest absolute Gasteiger partial charge is 0.349 e. The van der Waals surface area contributed by atoms with Gasteiger partial charge in [-0.05, 0) is 17.7 Å². The molecule has 0 aliphatic carbocycles. The minimum atomic E-state index is -4.10. The Bertz CT molecular complexity index is 737. The summed E-state index contributed by atoms with van der Waals surface area (Å²) >= 11 is 0. The van der Waals surface area contributed by atoms with E-state index >= 15 is 0 Å². The lowest BCUT2D eigenvalue weighted by molar-refractivity contribution is -0.145. The monoisotopic (exact) mass is 322 g/mol. The number of aliphatic carboxylic acids is 1. The van der Waals surface area contributed by atoms with Crippen molar-refractivity contribution in [1.29, 1.82) is 0 Å². The van der Waals surface area contributed by atoms with E-state index in [1.807, 2.05) is 0 Å². The van der Waals surface area contributed by atoms with E-state index in [0.717, 1.165) is 0 Å². The first kappa shape index (κ1) is 16.0. The highest BCUT2D eigenvalue weighted by atomic mass is 32.2. The van der Waals surface area contributed by atoms with Crippen LogP contribution in [0.2, 0.25) is 0 Å². The number of carboxylic acids is 1. The average molecular weight is 322 g/mol. The Labute approximate surface area is 127 Å². The fourth-order valence-electron chi connectivity index (χ4n) is 1.90. The Balaban J connectivity index is 2.16. The number of carbonyl (C=O) groups is 1. The van der Waals surface area contributed by atoms with Gasteiger partial charge in [0.1, 0.15) is 11.5 Å². The number of carboxylic acid groups (broad SMARTS) is 1. The van der Waals surface area contributed by atoms with Crippen molar-refractivity contribution in [3.05, 3.63) is 65.7 Å². The molecule has 2 aromatic carbocycles. The number of hydrogen-bond donors (Lipinski definition) is 2. The van der Waals surface area contributed by atoms with Crippen molar-refractivity contribution >= 4 is 16.1 Å². The lowest BCUT2D eigenvalue weighted by Gasteiger charge is -2.15. The minimum Gasteiger partial charge on any atom is -0.478 e. The van der Waals surface area contributed by atoms with Crippen molar-refractivity contribution in [2.24, 2.45) is 0 Å². The van der Waals surface area contributed by atoms with Crippen LogP contribution in [-0.2, 0) is 20.7 Å². The average Bonchev–Trinajstić information content (AvgIpc) is 2.45. The van der Waals surface area contributed by atoms with Crippen LogP contribution in [0.5, 0.6) is 5.75 Å². The third-order valence-electron chi connectivity index (χ3n) is 2.85. The van der Waals surface area contributed by atoms with Crippen LogP contribution in [0, 0.1) is 0 Å². The van der Waals surface area contributed by atoms with E-state index in [9.17, 15) is 18.3 Å². The summed E-state index contributed by atoms with van der Waals surface area (Å²) in [6.45, 7) is 0. The summed E-state index contributed by atoms with van der Waals surface area (Å²) < 4.78 is 35.8. The molecular formula is C15H14O6S. The van der Waals surface area contributed by atoms with Gasteiger partial charge < -0.3 is 9.84 Å². The summed E-state index contributed by atoms with van der Waals surface area (Å²) in [6, 6.07) is 14.3. The molecule has 6 nitrogen and oxygen atoms in total. The molecule has 0 bridgehead atoms. The van der Waals surface area contributed by atoms with Gasteiger partial charge in [-0.2, -0.15) is 8.42 Å². The molecule has 0 aromatic heterocycles. The van der Waals surface area contributed by atoms with Gasteiger partial charge in [-0.15, -0.1) is 0 Å². The summed E-state index contributed by atoms with van der Waals surface area (Å²) in [5.74, 6) is -1.35. The molecule has 2 aromatic rings. The van der Waals surface area contributed by atoms with Crippen molar-refractivity contribution in [1.82, 2.24) is 0 Å². The molecule has 116 valence electrons. The summed E-state index contributed by atoms with van der Waals surface area (Å²) in [5, 5.41) is 9.26. The standard InChI is InChI=1S/C15H14O6S/c16-15(17)14(12-4-2-1-3-5-12)21-13-8-6-11(7-9-13)10-22(18,19)20/h1-9,14H,10H2,(H,16,17)(H,18,19,20). The second kappa shape index (κ2) is 6.59. The van der Waals surface area contributed by atoms with E-state index in [4.69, 9.17) is 9.29 Å². The molecule has 0 aliphatic rings. The van der Waals surface area contributed by atoms with Crippen molar-refractivity contribution in [2.75, 3.05) is 0 Å². The lowest BCUT2D eigenvalue weighted by Crippen LogP contribution is -2.18. The highest BCUT2D eigenvalue weighted by Gasteiger charge is 2.21. The first-order valence-electron chi connectivity index (χ1n) is 6.34. The Morgan fingerprint density at radius 3 is 2.14 bits per heavy atom. The zero-order chi connectivity index (χ0) is 16.2. The summed E-state index contributed by atoms with van der Waals surface area (Å²) in [5.41, 5.74) is 0.874.